The third-order valence-corrected chi connectivity index (χ3v) is 3.84. The van der Waals surface area contributed by atoms with Crippen LogP contribution in [0.2, 0.25) is 0 Å². The largest absolute Gasteiger partial charge is 0.421 e. The first-order valence-corrected chi connectivity index (χ1v) is 6.64. The second-order valence-electron chi connectivity index (χ2n) is 4.30. The predicted octanol–water partition coefficient (Wildman–Crippen LogP) is 3.77. The van der Waals surface area contributed by atoms with E-state index in [1.54, 1.807) is 17.5 Å². The molecule has 2 nitrogen and oxygen atoms in total. The molecule has 0 aliphatic carbocycles. The van der Waals surface area contributed by atoms with Crippen LogP contribution in [0.1, 0.15) is 21.7 Å². The van der Waals surface area contributed by atoms with Crippen LogP contribution in [0.4, 0.5) is 13.2 Å². The summed E-state index contributed by atoms with van der Waals surface area (Å²) in [6.07, 6.45) is -5.96. The zero-order chi connectivity index (χ0) is 14.8. The lowest BCUT2D eigenvalue weighted by Gasteiger charge is -2.30. The van der Waals surface area contributed by atoms with Crippen molar-refractivity contribution in [3.63, 3.8) is 0 Å². The fourth-order valence-corrected chi connectivity index (χ4v) is 2.50. The van der Waals surface area contributed by atoms with E-state index in [9.17, 15) is 23.1 Å². The predicted molar refractivity (Wildman–Crippen MR) is 69.7 cm³/mol. The van der Waals surface area contributed by atoms with E-state index in [1.165, 1.54) is 18.2 Å². The molecule has 0 spiro atoms. The maximum Gasteiger partial charge on any atom is 0.421 e. The number of alkyl halides is 3. The third-order valence-electron chi connectivity index (χ3n) is 2.93. The van der Waals surface area contributed by atoms with Crippen molar-refractivity contribution in [1.82, 2.24) is 0 Å². The zero-order valence-electron chi connectivity index (χ0n) is 10.2. The first-order valence-electron chi connectivity index (χ1n) is 5.76. The fourth-order valence-electron chi connectivity index (χ4n) is 1.84. The molecule has 2 aromatic rings. The minimum absolute atomic E-state index is 0.198. The Balaban J connectivity index is 2.37. The van der Waals surface area contributed by atoms with Crippen molar-refractivity contribution in [3.05, 3.63) is 58.3 Å². The second-order valence-corrected chi connectivity index (χ2v) is 5.25. The molecule has 1 N–H and O–H groups in total. The van der Waals surface area contributed by atoms with E-state index < -0.39 is 24.0 Å². The van der Waals surface area contributed by atoms with Crippen molar-refractivity contribution in [2.75, 3.05) is 0 Å². The van der Waals surface area contributed by atoms with Crippen LogP contribution in [0.5, 0.6) is 0 Å². The molecule has 1 atom stereocenters. The summed E-state index contributed by atoms with van der Waals surface area (Å²) in [6, 6.07) is 9.66. The lowest BCUT2D eigenvalue weighted by Crippen LogP contribution is -2.44. The summed E-state index contributed by atoms with van der Waals surface area (Å²) in [5.41, 5.74) is -3.51. The van der Waals surface area contributed by atoms with E-state index in [2.05, 4.69) is 0 Å². The molecule has 20 heavy (non-hydrogen) atoms. The maximum absolute atomic E-state index is 13.2. The third kappa shape index (κ3) is 2.76. The Morgan fingerprint density at radius 3 is 2.25 bits per heavy atom. The van der Waals surface area contributed by atoms with Crippen LogP contribution >= 0.6 is 11.3 Å². The molecule has 1 aromatic heterocycles. The first-order chi connectivity index (χ1) is 9.34. The molecule has 0 unspecified atom stereocenters. The normalized spacial score (nSPS) is 14.8. The maximum atomic E-state index is 13.2. The van der Waals surface area contributed by atoms with Gasteiger partial charge in [-0.05, 0) is 17.0 Å². The molecule has 0 saturated carbocycles. The molecule has 106 valence electrons. The highest BCUT2D eigenvalue weighted by Crippen LogP contribution is 2.42. The van der Waals surface area contributed by atoms with E-state index >= 15 is 0 Å². The van der Waals surface area contributed by atoms with Crippen molar-refractivity contribution < 1.29 is 23.1 Å². The van der Waals surface area contributed by atoms with Gasteiger partial charge in [-0.25, -0.2) is 0 Å². The van der Waals surface area contributed by atoms with Crippen LogP contribution in [0.3, 0.4) is 0 Å². The van der Waals surface area contributed by atoms with Gasteiger partial charge < -0.3 is 5.11 Å². The van der Waals surface area contributed by atoms with Crippen molar-refractivity contribution in [2.24, 2.45) is 0 Å². The van der Waals surface area contributed by atoms with Gasteiger partial charge >= 0.3 is 6.18 Å². The van der Waals surface area contributed by atoms with Crippen LogP contribution in [0.25, 0.3) is 0 Å². The lowest BCUT2D eigenvalue weighted by molar-refractivity contribution is -0.264. The Morgan fingerprint density at radius 2 is 1.75 bits per heavy atom. The highest BCUT2D eigenvalue weighted by Gasteiger charge is 2.55. The van der Waals surface area contributed by atoms with Gasteiger partial charge in [0.2, 0.25) is 0 Å². The number of hydrogen-bond donors (Lipinski definition) is 1. The van der Waals surface area contributed by atoms with Gasteiger partial charge in [-0.15, -0.1) is 11.3 Å². The number of ketones is 1. The first kappa shape index (κ1) is 14.7. The van der Waals surface area contributed by atoms with Gasteiger partial charge in [-0.2, -0.15) is 13.2 Å². The zero-order valence-corrected chi connectivity index (χ0v) is 11.0. The van der Waals surface area contributed by atoms with Gasteiger partial charge in [-0.1, -0.05) is 36.4 Å². The SMILES string of the molecule is O=C(C[C@](O)(c1ccccc1)C(F)(F)F)c1cccs1. The standard InChI is InChI=1S/C14H11F3O2S/c15-14(16,17)13(19,10-5-2-1-3-6-10)9-11(18)12-7-4-8-20-12/h1-8,19H,9H2/t13-/m0/s1. The average Bonchev–Trinajstić information content (AvgIpc) is 2.92. The van der Waals surface area contributed by atoms with Crippen LogP contribution in [0.15, 0.2) is 47.8 Å². The van der Waals surface area contributed by atoms with Crippen molar-refractivity contribution in [2.45, 2.75) is 18.2 Å². The van der Waals surface area contributed by atoms with Gasteiger partial charge in [0.25, 0.3) is 0 Å². The van der Waals surface area contributed by atoms with Gasteiger partial charge in [0.1, 0.15) is 0 Å². The lowest BCUT2D eigenvalue weighted by atomic mass is 9.87. The molecule has 0 bridgehead atoms. The van der Waals surface area contributed by atoms with Gasteiger partial charge in [0, 0.05) is 0 Å². The Hall–Kier alpha value is -1.66. The molecule has 0 aliphatic heterocycles. The Kier molecular flexibility index (Phi) is 3.96. The van der Waals surface area contributed by atoms with Crippen molar-refractivity contribution >= 4 is 17.1 Å². The van der Waals surface area contributed by atoms with E-state index in [1.807, 2.05) is 0 Å². The van der Waals surface area contributed by atoms with Crippen molar-refractivity contribution in [3.8, 4) is 0 Å². The topological polar surface area (TPSA) is 37.3 Å². The Morgan fingerprint density at radius 1 is 1.10 bits per heavy atom. The van der Waals surface area contributed by atoms with Crippen LogP contribution in [-0.4, -0.2) is 17.1 Å². The molecule has 0 aliphatic rings. The monoisotopic (exact) mass is 300 g/mol. The highest BCUT2D eigenvalue weighted by molar-refractivity contribution is 7.12. The minimum Gasteiger partial charge on any atom is -0.376 e. The number of carbonyl (C=O) groups is 1. The van der Waals surface area contributed by atoms with E-state index in [-0.39, 0.29) is 10.4 Å². The molecule has 1 heterocycles. The number of Topliss-reactive ketones (excluding diaryl/α,β-unsaturated/α-hetero) is 1. The Bertz CT molecular complexity index is 578. The number of aliphatic hydroxyl groups is 1. The summed E-state index contributed by atoms with van der Waals surface area (Å²) in [5.74, 6) is -0.733. The molecule has 0 saturated heterocycles. The fraction of sp³-hybridized carbons (Fsp3) is 0.214. The van der Waals surface area contributed by atoms with E-state index in [0.717, 1.165) is 23.5 Å². The number of halogens is 3. The summed E-state index contributed by atoms with van der Waals surface area (Å²) in [4.78, 5) is 12.1. The molecule has 0 amide bonds. The van der Waals surface area contributed by atoms with E-state index in [0.29, 0.717) is 0 Å². The van der Waals surface area contributed by atoms with Gasteiger partial charge in [0.15, 0.2) is 11.4 Å². The smallest absolute Gasteiger partial charge is 0.376 e. The highest BCUT2D eigenvalue weighted by atomic mass is 32.1. The van der Waals surface area contributed by atoms with Gasteiger partial charge in [0.05, 0.1) is 11.3 Å². The Labute approximate surface area is 117 Å². The number of thiophene rings is 1. The summed E-state index contributed by atoms with van der Waals surface area (Å²) >= 11 is 1.05. The molecular weight excluding hydrogens is 289 g/mol. The molecule has 6 heteroatoms. The second kappa shape index (κ2) is 5.38. The molecule has 0 radical (unpaired) electrons. The van der Waals surface area contributed by atoms with Crippen LogP contribution in [0, 0.1) is 0 Å². The molecular formula is C14H11F3O2S. The number of hydrogen-bond acceptors (Lipinski definition) is 3. The number of carbonyl (C=O) groups excluding carboxylic acids is 1. The minimum atomic E-state index is -4.93. The molecule has 2 rings (SSSR count). The van der Waals surface area contributed by atoms with Crippen LogP contribution in [-0.2, 0) is 5.60 Å². The average molecular weight is 300 g/mol. The molecule has 0 fully saturated rings. The molecule has 1 aromatic carbocycles. The summed E-state index contributed by atoms with van der Waals surface area (Å²) < 4.78 is 39.6. The van der Waals surface area contributed by atoms with Crippen molar-refractivity contribution in [1.29, 1.82) is 0 Å². The number of rotatable bonds is 4. The van der Waals surface area contributed by atoms with E-state index in [4.69, 9.17) is 0 Å². The quantitative estimate of drug-likeness (QED) is 0.873. The number of benzene rings is 1. The van der Waals surface area contributed by atoms with Crippen LogP contribution < -0.4 is 0 Å². The summed E-state index contributed by atoms with van der Waals surface area (Å²) in [7, 11) is 0. The van der Waals surface area contributed by atoms with Gasteiger partial charge in [-0.3, -0.25) is 4.79 Å². The summed E-state index contributed by atoms with van der Waals surface area (Å²) in [5, 5.41) is 11.6. The summed E-state index contributed by atoms with van der Waals surface area (Å²) in [6.45, 7) is 0.